The van der Waals surface area contributed by atoms with Crippen molar-refractivity contribution < 1.29 is 8.78 Å². The number of halogens is 4. The van der Waals surface area contributed by atoms with Crippen molar-refractivity contribution in [2.45, 2.75) is 25.6 Å². The Morgan fingerprint density at radius 1 is 0.850 bits per heavy atom. The Labute approximate surface area is 130 Å². The van der Waals surface area contributed by atoms with E-state index in [1.807, 2.05) is 26.0 Å². The van der Waals surface area contributed by atoms with Crippen LogP contribution in [0.5, 0.6) is 0 Å². The zero-order valence-corrected chi connectivity index (χ0v) is 13.7. The molecule has 0 aliphatic carbocycles. The minimum Gasteiger partial charge on any atom is -0.207 e. The molecule has 0 aliphatic rings. The van der Waals surface area contributed by atoms with Crippen LogP contribution in [-0.2, 0) is 0 Å². The van der Waals surface area contributed by atoms with Gasteiger partial charge in [-0.15, -0.1) is 0 Å². The van der Waals surface area contributed by atoms with Gasteiger partial charge in [0.05, 0.1) is 4.83 Å². The molecule has 0 N–H and O–H groups in total. The van der Waals surface area contributed by atoms with E-state index in [4.69, 9.17) is 11.6 Å². The third-order valence-electron chi connectivity index (χ3n) is 3.44. The van der Waals surface area contributed by atoms with Gasteiger partial charge in [-0.2, -0.15) is 0 Å². The fourth-order valence-corrected chi connectivity index (χ4v) is 3.23. The van der Waals surface area contributed by atoms with Gasteiger partial charge in [-0.05, 0) is 55.2 Å². The van der Waals surface area contributed by atoms with E-state index in [2.05, 4.69) is 15.9 Å². The van der Waals surface area contributed by atoms with Gasteiger partial charge in [-0.3, -0.25) is 0 Å². The predicted octanol–water partition coefficient (Wildman–Crippen LogP) is 6.03. The first kappa shape index (κ1) is 15.5. The molecule has 0 heterocycles. The lowest BCUT2D eigenvalue weighted by atomic mass is 9.98. The molecule has 0 amide bonds. The van der Waals surface area contributed by atoms with Crippen LogP contribution in [0.2, 0.25) is 5.02 Å². The molecule has 2 aromatic rings. The van der Waals surface area contributed by atoms with E-state index in [1.165, 1.54) is 6.07 Å². The maximum absolute atomic E-state index is 14.0. The summed E-state index contributed by atoms with van der Waals surface area (Å²) in [7, 11) is 0. The van der Waals surface area contributed by atoms with Gasteiger partial charge >= 0.3 is 0 Å². The predicted molar refractivity (Wildman–Crippen MR) is 82.8 cm³/mol. The highest BCUT2D eigenvalue weighted by Gasteiger charge is 2.20. The van der Waals surface area contributed by atoms with Crippen molar-refractivity contribution >= 4 is 27.5 Å². The molecule has 1 unspecified atom stereocenters. The third kappa shape index (κ3) is 2.89. The molecule has 0 aromatic heterocycles. The molecule has 2 rings (SSSR count). The smallest absolute Gasteiger partial charge is 0.130 e. The van der Waals surface area contributed by atoms with Gasteiger partial charge < -0.3 is 0 Å². The topological polar surface area (TPSA) is 0 Å². The molecule has 4 heteroatoms. The van der Waals surface area contributed by atoms with Crippen molar-refractivity contribution in [3.05, 3.63) is 68.7 Å². The second-order valence-electron chi connectivity index (χ2n) is 4.94. The maximum Gasteiger partial charge on any atom is 0.130 e. The highest BCUT2D eigenvalue weighted by molar-refractivity contribution is 9.09. The SMILES string of the molecule is Cc1cc(Cl)c(C(Br)c2cc(C)c(F)cc2F)cc1C. The van der Waals surface area contributed by atoms with E-state index in [9.17, 15) is 8.78 Å². The van der Waals surface area contributed by atoms with Crippen LogP contribution in [0.4, 0.5) is 8.78 Å². The summed E-state index contributed by atoms with van der Waals surface area (Å²) in [6.07, 6.45) is 0. The summed E-state index contributed by atoms with van der Waals surface area (Å²) in [5.41, 5.74) is 3.72. The van der Waals surface area contributed by atoms with Gasteiger partial charge in [-0.1, -0.05) is 33.6 Å². The molecule has 20 heavy (non-hydrogen) atoms. The van der Waals surface area contributed by atoms with E-state index >= 15 is 0 Å². The summed E-state index contributed by atoms with van der Waals surface area (Å²) >= 11 is 9.71. The van der Waals surface area contributed by atoms with E-state index < -0.39 is 16.5 Å². The first-order valence-electron chi connectivity index (χ1n) is 6.17. The fraction of sp³-hybridized carbons (Fsp3) is 0.250. The standard InChI is InChI=1S/C16H14BrClF2/c1-8-4-11(13(18)6-9(8)2)16(17)12-5-10(3)14(19)7-15(12)20/h4-7,16H,1-3H3. The van der Waals surface area contributed by atoms with Crippen molar-refractivity contribution in [3.8, 4) is 0 Å². The second-order valence-corrected chi connectivity index (χ2v) is 6.27. The van der Waals surface area contributed by atoms with E-state index in [0.29, 0.717) is 16.1 Å². The van der Waals surface area contributed by atoms with Crippen LogP contribution < -0.4 is 0 Å². The molecule has 0 aliphatic heterocycles. The minimum absolute atomic E-state index is 0.383. The van der Waals surface area contributed by atoms with Gasteiger partial charge in [-0.25, -0.2) is 8.78 Å². The van der Waals surface area contributed by atoms with Crippen molar-refractivity contribution in [2.75, 3.05) is 0 Å². The minimum atomic E-state index is -0.579. The number of hydrogen-bond acceptors (Lipinski definition) is 0. The average Bonchev–Trinajstić information content (AvgIpc) is 2.37. The molecular weight excluding hydrogens is 346 g/mol. The van der Waals surface area contributed by atoms with Gasteiger partial charge in [0.2, 0.25) is 0 Å². The molecule has 0 nitrogen and oxygen atoms in total. The highest BCUT2D eigenvalue weighted by atomic mass is 79.9. The normalized spacial score (nSPS) is 12.6. The number of benzene rings is 2. The monoisotopic (exact) mass is 358 g/mol. The summed E-state index contributed by atoms with van der Waals surface area (Å²) in [5.74, 6) is -1.12. The fourth-order valence-electron chi connectivity index (χ4n) is 2.04. The molecule has 0 saturated heterocycles. The van der Waals surface area contributed by atoms with Crippen LogP contribution in [0.25, 0.3) is 0 Å². The number of aryl methyl sites for hydroxylation is 3. The zero-order valence-electron chi connectivity index (χ0n) is 11.4. The summed E-state index contributed by atoms with van der Waals surface area (Å²) in [6.45, 7) is 5.55. The molecule has 0 saturated carbocycles. The van der Waals surface area contributed by atoms with E-state index in [0.717, 1.165) is 22.8 Å². The third-order valence-corrected chi connectivity index (χ3v) is 4.75. The Bertz CT molecular complexity index is 611. The second kappa shape index (κ2) is 5.82. The van der Waals surface area contributed by atoms with Crippen molar-refractivity contribution in [1.82, 2.24) is 0 Å². The highest BCUT2D eigenvalue weighted by Crippen LogP contribution is 2.38. The molecule has 0 bridgehead atoms. The van der Waals surface area contributed by atoms with Crippen LogP contribution in [0.15, 0.2) is 24.3 Å². The molecule has 0 spiro atoms. The lowest BCUT2D eigenvalue weighted by Gasteiger charge is -2.16. The molecule has 1 atom stereocenters. The molecular formula is C16H14BrClF2. The van der Waals surface area contributed by atoms with Crippen LogP contribution in [-0.4, -0.2) is 0 Å². The van der Waals surface area contributed by atoms with Crippen LogP contribution in [0.1, 0.15) is 32.6 Å². The van der Waals surface area contributed by atoms with Gasteiger partial charge in [0.15, 0.2) is 0 Å². The first-order chi connectivity index (χ1) is 9.31. The van der Waals surface area contributed by atoms with Crippen molar-refractivity contribution in [2.24, 2.45) is 0 Å². The van der Waals surface area contributed by atoms with Crippen LogP contribution in [0, 0.1) is 32.4 Å². The lowest BCUT2D eigenvalue weighted by Crippen LogP contribution is -2.01. The van der Waals surface area contributed by atoms with E-state index in [1.54, 1.807) is 6.92 Å². The summed E-state index contributed by atoms with van der Waals surface area (Å²) in [5, 5.41) is 0.566. The Balaban J connectivity index is 2.54. The van der Waals surface area contributed by atoms with Crippen molar-refractivity contribution in [1.29, 1.82) is 0 Å². The molecule has 0 radical (unpaired) electrons. The Hall–Kier alpha value is -0.930. The summed E-state index contributed by atoms with van der Waals surface area (Å²) in [6, 6.07) is 6.20. The summed E-state index contributed by atoms with van der Waals surface area (Å²) < 4.78 is 27.3. The quantitative estimate of drug-likeness (QED) is 0.574. The number of alkyl halides is 1. The zero-order chi connectivity index (χ0) is 15.0. The molecule has 0 fully saturated rings. The first-order valence-corrected chi connectivity index (χ1v) is 7.47. The van der Waals surface area contributed by atoms with Gasteiger partial charge in [0.25, 0.3) is 0 Å². The maximum atomic E-state index is 14.0. The number of hydrogen-bond donors (Lipinski definition) is 0. The largest absolute Gasteiger partial charge is 0.207 e. The Morgan fingerprint density at radius 3 is 2.05 bits per heavy atom. The molecule has 106 valence electrons. The molecule has 2 aromatic carbocycles. The average molecular weight is 360 g/mol. The van der Waals surface area contributed by atoms with Gasteiger partial charge in [0, 0.05) is 16.7 Å². The van der Waals surface area contributed by atoms with Gasteiger partial charge in [0.1, 0.15) is 11.6 Å². The number of rotatable bonds is 2. The van der Waals surface area contributed by atoms with Crippen LogP contribution >= 0.6 is 27.5 Å². The van der Waals surface area contributed by atoms with E-state index in [-0.39, 0.29) is 0 Å². The van der Waals surface area contributed by atoms with Crippen LogP contribution in [0.3, 0.4) is 0 Å². The van der Waals surface area contributed by atoms with Crippen molar-refractivity contribution in [3.63, 3.8) is 0 Å². The Kier molecular flexibility index (Phi) is 4.50. The lowest BCUT2D eigenvalue weighted by molar-refractivity contribution is 0.569. The summed E-state index contributed by atoms with van der Waals surface area (Å²) in [4.78, 5) is -0.409. The Morgan fingerprint density at radius 2 is 1.40 bits per heavy atom.